The highest BCUT2D eigenvalue weighted by Crippen LogP contribution is 2.08. The van der Waals surface area contributed by atoms with Crippen molar-refractivity contribution in [1.82, 2.24) is 5.32 Å². The first-order valence-corrected chi connectivity index (χ1v) is 5.60. The van der Waals surface area contributed by atoms with E-state index in [1.807, 2.05) is 6.92 Å². The summed E-state index contributed by atoms with van der Waals surface area (Å²) in [6.07, 6.45) is 0.877. The molecule has 1 amide bonds. The van der Waals surface area contributed by atoms with Gasteiger partial charge in [0.15, 0.2) is 5.76 Å². The van der Waals surface area contributed by atoms with Crippen LogP contribution in [0, 0.1) is 12.8 Å². The minimum atomic E-state index is -0.191. The van der Waals surface area contributed by atoms with Crippen molar-refractivity contribution in [2.75, 3.05) is 6.54 Å². The van der Waals surface area contributed by atoms with E-state index >= 15 is 0 Å². The van der Waals surface area contributed by atoms with Gasteiger partial charge >= 0.3 is 0 Å². The molecule has 0 aromatic carbocycles. The van der Waals surface area contributed by atoms with Crippen molar-refractivity contribution in [3.63, 3.8) is 0 Å². The standard InChI is InChI=1S/C12H20N2O2/c1-8(2)6-10(7-13)14-12(15)11-5-4-9(3)16-11/h4-5,8,10H,6-7,13H2,1-3H3,(H,14,15). The van der Waals surface area contributed by atoms with Gasteiger partial charge in [0.2, 0.25) is 0 Å². The van der Waals surface area contributed by atoms with E-state index in [2.05, 4.69) is 19.2 Å². The Bertz CT molecular complexity index is 345. The number of carbonyl (C=O) groups is 1. The predicted octanol–water partition coefficient (Wildman–Crippen LogP) is 1.69. The third kappa shape index (κ3) is 3.70. The molecular weight excluding hydrogens is 204 g/mol. The van der Waals surface area contributed by atoms with E-state index in [9.17, 15) is 4.79 Å². The number of amides is 1. The SMILES string of the molecule is Cc1ccc(C(=O)NC(CN)CC(C)C)o1. The monoisotopic (exact) mass is 224 g/mol. The lowest BCUT2D eigenvalue weighted by molar-refractivity contribution is 0.0904. The summed E-state index contributed by atoms with van der Waals surface area (Å²) in [5.74, 6) is 1.40. The maximum absolute atomic E-state index is 11.7. The number of nitrogens with two attached hydrogens (primary N) is 1. The van der Waals surface area contributed by atoms with E-state index in [-0.39, 0.29) is 11.9 Å². The first-order chi connectivity index (χ1) is 7.52. The van der Waals surface area contributed by atoms with Crippen molar-refractivity contribution in [2.24, 2.45) is 11.7 Å². The number of hydrogen-bond donors (Lipinski definition) is 2. The van der Waals surface area contributed by atoms with Crippen LogP contribution in [-0.4, -0.2) is 18.5 Å². The van der Waals surface area contributed by atoms with E-state index in [1.54, 1.807) is 12.1 Å². The Labute approximate surface area is 96.2 Å². The quantitative estimate of drug-likeness (QED) is 0.799. The highest BCUT2D eigenvalue weighted by atomic mass is 16.3. The van der Waals surface area contributed by atoms with Gasteiger partial charge < -0.3 is 15.5 Å². The van der Waals surface area contributed by atoms with Crippen molar-refractivity contribution < 1.29 is 9.21 Å². The maximum Gasteiger partial charge on any atom is 0.287 e. The molecule has 1 unspecified atom stereocenters. The van der Waals surface area contributed by atoms with Crippen molar-refractivity contribution in [3.8, 4) is 0 Å². The van der Waals surface area contributed by atoms with Crippen molar-refractivity contribution in [1.29, 1.82) is 0 Å². The average Bonchev–Trinajstić information content (AvgIpc) is 2.63. The van der Waals surface area contributed by atoms with Gasteiger partial charge in [0.05, 0.1) is 0 Å². The van der Waals surface area contributed by atoms with Gasteiger partial charge in [-0.2, -0.15) is 0 Å². The second-order valence-electron chi connectivity index (χ2n) is 4.45. The van der Waals surface area contributed by atoms with Crippen molar-refractivity contribution >= 4 is 5.91 Å². The molecule has 4 nitrogen and oxygen atoms in total. The number of rotatable bonds is 5. The second-order valence-corrected chi connectivity index (χ2v) is 4.45. The molecule has 1 aromatic heterocycles. The van der Waals surface area contributed by atoms with Crippen molar-refractivity contribution in [2.45, 2.75) is 33.2 Å². The number of nitrogens with one attached hydrogen (secondary N) is 1. The Balaban J connectivity index is 2.55. The topological polar surface area (TPSA) is 68.3 Å². The highest BCUT2D eigenvalue weighted by molar-refractivity contribution is 5.91. The maximum atomic E-state index is 11.7. The summed E-state index contributed by atoms with van der Waals surface area (Å²) in [6.45, 7) is 6.46. The minimum absolute atomic E-state index is 0.0120. The zero-order valence-electron chi connectivity index (χ0n) is 10.1. The van der Waals surface area contributed by atoms with Gasteiger partial charge in [0.1, 0.15) is 5.76 Å². The largest absolute Gasteiger partial charge is 0.456 e. The zero-order chi connectivity index (χ0) is 12.1. The number of aryl methyl sites for hydroxylation is 1. The summed E-state index contributed by atoms with van der Waals surface area (Å²) in [5.41, 5.74) is 5.61. The molecule has 1 atom stereocenters. The summed E-state index contributed by atoms with van der Waals surface area (Å²) < 4.78 is 5.24. The van der Waals surface area contributed by atoms with Gasteiger partial charge in [-0.3, -0.25) is 4.79 Å². The van der Waals surface area contributed by atoms with Crippen LogP contribution in [0.15, 0.2) is 16.5 Å². The van der Waals surface area contributed by atoms with Crippen LogP contribution >= 0.6 is 0 Å². The fourth-order valence-electron chi connectivity index (χ4n) is 1.60. The lowest BCUT2D eigenvalue weighted by Gasteiger charge is -2.17. The Morgan fingerprint density at radius 3 is 2.62 bits per heavy atom. The van der Waals surface area contributed by atoms with Crippen LogP contribution in [0.4, 0.5) is 0 Å². The molecule has 1 heterocycles. The molecule has 0 saturated heterocycles. The molecule has 0 aliphatic carbocycles. The summed E-state index contributed by atoms with van der Waals surface area (Å²) >= 11 is 0. The molecule has 0 fully saturated rings. The average molecular weight is 224 g/mol. The normalized spacial score (nSPS) is 12.8. The molecule has 0 aliphatic rings. The minimum Gasteiger partial charge on any atom is -0.456 e. The Hall–Kier alpha value is -1.29. The van der Waals surface area contributed by atoms with E-state index in [0.717, 1.165) is 12.2 Å². The number of hydrogen-bond acceptors (Lipinski definition) is 3. The Kier molecular flexibility index (Phi) is 4.55. The number of carbonyl (C=O) groups excluding carboxylic acids is 1. The summed E-state index contributed by atoms with van der Waals surface area (Å²) in [6, 6.07) is 3.46. The van der Waals surface area contributed by atoms with Crippen LogP contribution in [0.3, 0.4) is 0 Å². The molecule has 0 spiro atoms. The highest BCUT2D eigenvalue weighted by Gasteiger charge is 2.15. The Morgan fingerprint density at radius 1 is 1.50 bits per heavy atom. The van der Waals surface area contributed by atoms with Gasteiger partial charge in [-0.05, 0) is 31.4 Å². The van der Waals surface area contributed by atoms with Gasteiger partial charge in [-0.25, -0.2) is 0 Å². The van der Waals surface area contributed by atoms with Crippen LogP contribution in [0.1, 0.15) is 36.6 Å². The van der Waals surface area contributed by atoms with E-state index in [0.29, 0.717) is 18.2 Å². The zero-order valence-corrected chi connectivity index (χ0v) is 10.1. The summed E-state index contributed by atoms with van der Waals surface area (Å²) in [4.78, 5) is 11.7. The third-order valence-electron chi connectivity index (χ3n) is 2.34. The van der Waals surface area contributed by atoms with Gasteiger partial charge in [0.25, 0.3) is 5.91 Å². The summed E-state index contributed by atoms with van der Waals surface area (Å²) in [5, 5.41) is 2.87. The third-order valence-corrected chi connectivity index (χ3v) is 2.34. The van der Waals surface area contributed by atoms with Crippen LogP contribution < -0.4 is 11.1 Å². The Morgan fingerprint density at radius 2 is 2.19 bits per heavy atom. The molecule has 0 saturated carbocycles. The fourth-order valence-corrected chi connectivity index (χ4v) is 1.60. The first kappa shape index (κ1) is 12.8. The lowest BCUT2D eigenvalue weighted by atomic mass is 10.0. The van der Waals surface area contributed by atoms with E-state index in [1.165, 1.54) is 0 Å². The van der Waals surface area contributed by atoms with Crippen LogP contribution in [-0.2, 0) is 0 Å². The molecule has 16 heavy (non-hydrogen) atoms. The first-order valence-electron chi connectivity index (χ1n) is 5.60. The van der Waals surface area contributed by atoms with E-state index < -0.39 is 0 Å². The molecule has 1 rings (SSSR count). The van der Waals surface area contributed by atoms with E-state index in [4.69, 9.17) is 10.2 Å². The lowest BCUT2D eigenvalue weighted by Crippen LogP contribution is -2.40. The summed E-state index contributed by atoms with van der Waals surface area (Å²) in [7, 11) is 0. The smallest absolute Gasteiger partial charge is 0.287 e. The number of furan rings is 1. The van der Waals surface area contributed by atoms with Gasteiger partial charge in [0, 0.05) is 12.6 Å². The van der Waals surface area contributed by atoms with Gasteiger partial charge in [-0.15, -0.1) is 0 Å². The van der Waals surface area contributed by atoms with Crippen LogP contribution in [0.5, 0.6) is 0 Å². The molecular formula is C12H20N2O2. The molecule has 0 aliphatic heterocycles. The second kappa shape index (κ2) is 5.70. The van der Waals surface area contributed by atoms with Crippen LogP contribution in [0.2, 0.25) is 0 Å². The predicted molar refractivity (Wildman–Crippen MR) is 63.2 cm³/mol. The molecule has 90 valence electrons. The molecule has 0 bridgehead atoms. The van der Waals surface area contributed by atoms with Gasteiger partial charge in [-0.1, -0.05) is 13.8 Å². The molecule has 4 heteroatoms. The fraction of sp³-hybridized carbons (Fsp3) is 0.583. The van der Waals surface area contributed by atoms with Crippen LogP contribution in [0.25, 0.3) is 0 Å². The molecule has 0 radical (unpaired) electrons. The molecule has 1 aromatic rings. The van der Waals surface area contributed by atoms with Crippen molar-refractivity contribution in [3.05, 3.63) is 23.7 Å². The molecule has 3 N–H and O–H groups in total.